The molecule has 0 aliphatic carbocycles. The topological polar surface area (TPSA) is 307 Å². The number of hydrogen-bond donors (Lipinski definition) is 12. The number of rotatable bonds is 33. The van der Waals surface area contributed by atoms with Gasteiger partial charge < -0.3 is 89.9 Å². The zero-order chi connectivity index (χ0) is 47.0. The Morgan fingerprint density at radius 3 is 1.36 bits per heavy atom. The third kappa shape index (κ3) is 18.4. The number of aliphatic hydroxyl groups excluding tert-OH is 11. The maximum Gasteiger partial charge on any atom is 0.220 e. The molecule has 1 amide bonds. The van der Waals surface area contributed by atoms with Gasteiger partial charge in [0.25, 0.3) is 0 Å². The van der Waals surface area contributed by atoms with E-state index in [0.717, 1.165) is 51.4 Å². The van der Waals surface area contributed by atoms with E-state index in [2.05, 4.69) is 19.2 Å². The molecule has 0 aromatic carbocycles. The number of carbonyl (C=O) groups excluding carboxylic acids is 1. The van der Waals surface area contributed by atoms with E-state index in [1.807, 2.05) is 0 Å². The minimum atomic E-state index is -1.97. The lowest BCUT2D eigenvalue weighted by Gasteiger charge is -2.48. The van der Waals surface area contributed by atoms with Gasteiger partial charge in [-0.25, -0.2) is 0 Å². The third-order valence-corrected chi connectivity index (χ3v) is 12.7. The first-order valence-electron chi connectivity index (χ1n) is 24.3. The maximum absolute atomic E-state index is 13.1. The standard InChI is InChI=1S/C45H85NO18/c1-3-5-7-9-10-11-12-13-14-15-16-17-19-21-23-33(51)46-28(29(50)22-20-18-8-6-4-2)27-59-43-39(57)36(54)41(31(25-48)61-43)64-45-40(58)37(55)42(32(26-49)62-45)63-44-38(56)35(53)34(52)30(24-47)60-44/h28-32,34-45,47-50,52-58H,3-27H2,1-2H3,(H,46,51). The first-order chi connectivity index (χ1) is 30.8. The smallest absolute Gasteiger partial charge is 0.220 e. The van der Waals surface area contributed by atoms with Crippen molar-refractivity contribution in [1.82, 2.24) is 5.32 Å². The van der Waals surface area contributed by atoms with Crippen LogP contribution in [-0.2, 0) is 33.2 Å². The molecule has 3 heterocycles. The summed E-state index contributed by atoms with van der Waals surface area (Å²) in [6.07, 6.45) is -4.29. The predicted octanol–water partition coefficient (Wildman–Crippen LogP) is 0.529. The number of ether oxygens (including phenoxy) is 6. The number of unbranched alkanes of at least 4 members (excludes halogenated alkanes) is 17. The molecule has 0 spiro atoms. The molecule has 0 bridgehead atoms. The van der Waals surface area contributed by atoms with E-state index in [9.17, 15) is 61.0 Å². The summed E-state index contributed by atoms with van der Waals surface area (Å²) in [6.45, 7) is 1.65. The Balaban J connectivity index is 1.52. The molecule has 17 unspecified atom stereocenters. The van der Waals surface area contributed by atoms with Crippen molar-refractivity contribution >= 4 is 5.91 Å². The monoisotopic (exact) mass is 928 g/mol. The lowest BCUT2D eigenvalue weighted by Crippen LogP contribution is -2.66. The van der Waals surface area contributed by atoms with Crippen LogP contribution in [0.4, 0.5) is 0 Å². The highest BCUT2D eigenvalue weighted by atomic mass is 16.8. The fraction of sp³-hybridized carbons (Fsp3) is 0.978. The number of carbonyl (C=O) groups is 1. The summed E-state index contributed by atoms with van der Waals surface area (Å²) >= 11 is 0. The summed E-state index contributed by atoms with van der Waals surface area (Å²) in [5.41, 5.74) is 0. The molecule has 0 saturated carbocycles. The molecule has 64 heavy (non-hydrogen) atoms. The third-order valence-electron chi connectivity index (χ3n) is 12.7. The van der Waals surface area contributed by atoms with Gasteiger partial charge >= 0.3 is 0 Å². The first-order valence-corrected chi connectivity index (χ1v) is 24.3. The Hall–Kier alpha value is -1.21. The second kappa shape index (κ2) is 31.8. The van der Waals surface area contributed by atoms with Crippen LogP contribution in [0.2, 0.25) is 0 Å². The van der Waals surface area contributed by atoms with Gasteiger partial charge in [0.05, 0.1) is 38.6 Å². The van der Waals surface area contributed by atoms with Crippen molar-refractivity contribution in [2.75, 3.05) is 26.4 Å². The molecule has 378 valence electrons. The Morgan fingerprint density at radius 2 is 0.891 bits per heavy atom. The van der Waals surface area contributed by atoms with Gasteiger partial charge in [0.1, 0.15) is 73.2 Å². The van der Waals surface area contributed by atoms with Crippen LogP contribution in [0, 0.1) is 0 Å². The van der Waals surface area contributed by atoms with Crippen LogP contribution >= 0.6 is 0 Å². The number of hydrogen-bond acceptors (Lipinski definition) is 18. The number of aliphatic hydroxyl groups is 11. The summed E-state index contributed by atoms with van der Waals surface area (Å²) < 4.78 is 34.0. The van der Waals surface area contributed by atoms with Crippen molar-refractivity contribution in [1.29, 1.82) is 0 Å². The van der Waals surface area contributed by atoms with Crippen molar-refractivity contribution in [3.05, 3.63) is 0 Å². The summed E-state index contributed by atoms with van der Waals surface area (Å²) in [6, 6.07) is -0.874. The molecular weight excluding hydrogens is 842 g/mol. The van der Waals surface area contributed by atoms with Crippen molar-refractivity contribution < 1.29 is 89.4 Å². The molecule has 12 N–H and O–H groups in total. The highest BCUT2D eigenvalue weighted by Gasteiger charge is 2.53. The average molecular weight is 928 g/mol. The first kappa shape index (κ1) is 57.1. The van der Waals surface area contributed by atoms with Crippen LogP contribution < -0.4 is 5.32 Å². The van der Waals surface area contributed by atoms with Crippen LogP contribution in [-0.4, -0.2) is 193 Å². The van der Waals surface area contributed by atoms with Crippen LogP contribution in [0.1, 0.15) is 149 Å². The van der Waals surface area contributed by atoms with Crippen LogP contribution in [0.25, 0.3) is 0 Å². The van der Waals surface area contributed by atoms with Gasteiger partial charge in [0.15, 0.2) is 18.9 Å². The molecule has 0 radical (unpaired) electrons. The molecule has 3 aliphatic rings. The number of nitrogens with one attached hydrogen (secondary N) is 1. The van der Waals surface area contributed by atoms with Gasteiger partial charge in [0, 0.05) is 6.42 Å². The average Bonchev–Trinajstić information content (AvgIpc) is 3.29. The normalized spacial score (nSPS) is 34.4. The maximum atomic E-state index is 13.1. The second-order valence-electron chi connectivity index (χ2n) is 17.9. The van der Waals surface area contributed by atoms with Crippen LogP contribution in [0.3, 0.4) is 0 Å². The second-order valence-corrected chi connectivity index (χ2v) is 17.9. The summed E-state index contributed by atoms with van der Waals surface area (Å²) in [5.74, 6) is -0.250. The molecule has 17 atom stereocenters. The zero-order valence-corrected chi connectivity index (χ0v) is 38.3. The SMILES string of the molecule is CCCCCCCCCCCCCCCCC(=O)NC(COC1OC(CO)C(OC2OC(CO)C(OC3OC(CO)C(O)C(O)C3O)C(O)C2O)C(O)C1O)C(O)CCCCCCC. The van der Waals surface area contributed by atoms with Crippen molar-refractivity contribution in [3.63, 3.8) is 0 Å². The van der Waals surface area contributed by atoms with Crippen molar-refractivity contribution in [2.24, 2.45) is 0 Å². The lowest BCUT2D eigenvalue weighted by atomic mass is 9.96. The Morgan fingerprint density at radius 1 is 0.500 bits per heavy atom. The molecule has 19 heteroatoms. The van der Waals surface area contributed by atoms with Gasteiger partial charge in [-0.05, 0) is 12.8 Å². The largest absolute Gasteiger partial charge is 0.394 e. The van der Waals surface area contributed by atoms with E-state index < -0.39 is 124 Å². The zero-order valence-electron chi connectivity index (χ0n) is 38.3. The van der Waals surface area contributed by atoms with Crippen molar-refractivity contribution in [3.8, 4) is 0 Å². The fourth-order valence-corrected chi connectivity index (χ4v) is 8.55. The van der Waals surface area contributed by atoms with E-state index in [-0.39, 0.29) is 18.9 Å². The molecule has 0 aromatic heterocycles. The summed E-state index contributed by atoms with van der Waals surface area (Å²) in [7, 11) is 0. The van der Waals surface area contributed by atoms with Crippen LogP contribution in [0.15, 0.2) is 0 Å². The number of amides is 1. The fourth-order valence-electron chi connectivity index (χ4n) is 8.55. The van der Waals surface area contributed by atoms with E-state index in [4.69, 9.17) is 28.4 Å². The molecular formula is C45H85NO18. The highest BCUT2D eigenvalue weighted by Crippen LogP contribution is 2.33. The molecule has 19 nitrogen and oxygen atoms in total. The highest BCUT2D eigenvalue weighted by molar-refractivity contribution is 5.76. The van der Waals surface area contributed by atoms with Gasteiger partial charge in [-0.15, -0.1) is 0 Å². The Labute approximate surface area is 379 Å². The predicted molar refractivity (Wildman–Crippen MR) is 231 cm³/mol. The van der Waals surface area contributed by atoms with E-state index in [0.29, 0.717) is 12.8 Å². The van der Waals surface area contributed by atoms with E-state index in [1.165, 1.54) is 64.2 Å². The summed E-state index contributed by atoms with van der Waals surface area (Å²) in [4.78, 5) is 13.1. The van der Waals surface area contributed by atoms with E-state index in [1.54, 1.807) is 0 Å². The molecule has 3 saturated heterocycles. The molecule has 3 rings (SSSR count). The quantitative estimate of drug-likeness (QED) is 0.0400. The van der Waals surface area contributed by atoms with E-state index >= 15 is 0 Å². The molecule has 3 aliphatic heterocycles. The van der Waals surface area contributed by atoms with Crippen molar-refractivity contribution in [2.45, 2.75) is 253 Å². The Bertz CT molecular complexity index is 1200. The summed E-state index contributed by atoms with van der Waals surface area (Å²) in [5, 5.41) is 119. The van der Waals surface area contributed by atoms with Gasteiger partial charge in [-0.3, -0.25) is 4.79 Å². The Kier molecular flexibility index (Phi) is 28.3. The minimum Gasteiger partial charge on any atom is -0.394 e. The minimum absolute atomic E-state index is 0.250. The molecule has 0 aromatic rings. The van der Waals surface area contributed by atoms with Gasteiger partial charge in [-0.2, -0.15) is 0 Å². The lowest BCUT2D eigenvalue weighted by molar-refractivity contribution is -0.379. The van der Waals surface area contributed by atoms with Gasteiger partial charge in [0.2, 0.25) is 5.91 Å². The van der Waals surface area contributed by atoms with Gasteiger partial charge in [-0.1, -0.05) is 129 Å². The molecule has 3 fully saturated rings. The van der Waals surface area contributed by atoms with Crippen LogP contribution in [0.5, 0.6) is 0 Å².